The molecule has 25 heavy (non-hydrogen) atoms. The second-order valence-corrected chi connectivity index (χ2v) is 6.28. The normalized spacial score (nSPS) is 24.2. The monoisotopic (exact) mass is 361 g/mol. The molecule has 8 nitrogen and oxygen atoms in total. The molecule has 2 aliphatic rings. The largest absolute Gasteiger partial charge is 0.406 e. The Morgan fingerprint density at radius 3 is 2.76 bits per heavy atom. The number of aromatic nitrogens is 2. The zero-order valence-electron chi connectivity index (χ0n) is 13.5. The lowest BCUT2D eigenvalue weighted by Gasteiger charge is -2.21. The number of rotatable bonds is 3. The summed E-state index contributed by atoms with van der Waals surface area (Å²) in [5, 5.41) is 6.24. The molecule has 2 aliphatic heterocycles. The van der Waals surface area contributed by atoms with Crippen LogP contribution in [0, 0.1) is 6.92 Å². The summed E-state index contributed by atoms with van der Waals surface area (Å²) in [6.45, 7) is 1.20. The predicted molar refractivity (Wildman–Crippen MR) is 77.5 cm³/mol. The molecule has 1 N–H and O–H groups in total. The Hall–Kier alpha value is -2.33. The molecular weight excluding hydrogens is 343 g/mol. The third-order valence-electron chi connectivity index (χ3n) is 4.33. The van der Waals surface area contributed by atoms with Gasteiger partial charge in [-0.1, -0.05) is 5.16 Å². The smallest absolute Gasteiger partial charge is 0.339 e. The van der Waals surface area contributed by atoms with Gasteiger partial charge in [0.15, 0.2) is 5.82 Å². The molecule has 3 heterocycles. The van der Waals surface area contributed by atoms with Crippen LogP contribution >= 0.6 is 0 Å². The summed E-state index contributed by atoms with van der Waals surface area (Å²) in [7, 11) is 0. The van der Waals surface area contributed by atoms with Crippen LogP contribution < -0.4 is 5.32 Å². The molecule has 3 amide bonds. The summed E-state index contributed by atoms with van der Waals surface area (Å²) < 4.78 is 42.3. The molecule has 2 unspecified atom stereocenters. The van der Waals surface area contributed by atoms with E-state index >= 15 is 0 Å². The molecule has 2 atom stereocenters. The second-order valence-electron chi connectivity index (χ2n) is 6.28. The number of nitrogens with zero attached hydrogens (tertiary/aromatic N) is 4. The maximum Gasteiger partial charge on any atom is 0.406 e. The van der Waals surface area contributed by atoms with Crippen molar-refractivity contribution in [2.45, 2.75) is 37.9 Å². The van der Waals surface area contributed by atoms with Gasteiger partial charge in [0.05, 0.1) is 5.92 Å². The number of nitrogens with one attached hydrogen (secondary N) is 1. The van der Waals surface area contributed by atoms with Crippen LogP contribution in [0.5, 0.6) is 0 Å². The van der Waals surface area contributed by atoms with Crippen molar-refractivity contribution in [3.63, 3.8) is 0 Å². The van der Waals surface area contributed by atoms with Gasteiger partial charge >= 0.3 is 12.2 Å². The van der Waals surface area contributed by atoms with Crippen molar-refractivity contribution < 1.29 is 27.3 Å². The number of urea groups is 1. The van der Waals surface area contributed by atoms with Crippen LogP contribution in [0.3, 0.4) is 0 Å². The zero-order chi connectivity index (χ0) is 18.2. The minimum absolute atomic E-state index is 0.0207. The average molecular weight is 361 g/mol. The van der Waals surface area contributed by atoms with Gasteiger partial charge in [-0.2, -0.15) is 18.2 Å². The van der Waals surface area contributed by atoms with Gasteiger partial charge < -0.3 is 19.6 Å². The highest BCUT2D eigenvalue weighted by atomic mass is 19.4. The quantitative estimate of drug-likeness (QED) is 0.869. The van der Waals surface area contributed by atoms with Gasteiger partial charge in [-0.25, -0.2) is 4.79 Å². The zero-order valence-corrected chi connectivity index (χ0v) is 13.5. The molecule has 0 spiro atoms. The number of halogens is 3. The van der Waals surface area contributed by atoms with Gasteiger partial charge in [-0.15, -0.1) is 0 Å². The summed E-state index contributed by atoms with van der Waals surface area (Å²) in [4.78, 5) is 30.6. The molecule has 2 fully saturated rings. The number of amides is 3. The molecule has 0 aliphatic carbocycles. The summed E-state index contributed by atoms with van der Waals surface area (Å²) in [6, 6.07) is -1.38. The molecule has 11 heteroatoms. The maximum atomic E-state index is 12.4. The van der Waals surface area contributed by atoms with E-state index in [-0.39, 0.29) is 18.9 Å². The van der Waals surface area contributed by atoms with E-state index < -0.39 is 30.7 Å². The average Bonchev–Trinajstić information content (AvgIpc) is 3.22. The van der Waals surface area contributed by atoms with Gasteiger partial charge in [0, 0.05) is 19.6 Å². The topological polar surface area (TPSA) is 91.6 Å². The number of likely N-dealkylation sites (tertiary alicyclic amines) is 2. The van der Waals surface area contributed by atoms with E-state index in [0.717, 1.165) is 4.90 Å². The van der Waals surface area contributed by atoms with Gasteiger partial charge in [-0.3, -0.25) is 4.79 Å². The van der Waals surface area contributed by atoms with Crippen LogP contribution in [0.4, 0.5) is 18.0 Å². The van der Waals surface area contributed by atoms with E-state index in [9.17, 15) is 22.8 Å². The van der Waals surface area contributed by atoms with Crippen molar-refractivity contribution in [3.8, 4) is 0 Å². The third-order valence-corrected chi connectivity index (χ3v) is 4.33. The van der Waals surface area contributed by atoms with Crippen LogP contribution in [0.15, 0.2) is 4.52 Å². The van der Waals surface area contributed by atoms with Crippen LogP contribution in [0.2, 0.25) is 0 Å². The Balaban J connectivity index is 1.52. The first kappa shape index (κ1) is 17.5. The van der Waals surface area contributed by atoms with E-state index in [1.807, 2.05) is 0 Å². The molecule has 138 valence electrons. The Kier molecular flexibility index (Phi) is 4.56. The van der Waals surface area contributed by atoms with Gasteiger partial charge in [0.25, 0.3) is 0 Å². The fraction of sp³-hybridized carbons (Fsp3) is 0.714. The molecule has 0 aromatic carbocycles. The SMILES string of the molecule is Cc1noc(C2CCN(C(=O)NC3CCN(CC(F)(F)F)C3=O)C2)n1. The first-order chi connectivity index (χ1) is 11.7. The van der Waals surface area contributed by atoms with E-state index in [2.05, 4.69) is 15.5 Å². The number of alkyl halides is 3. The molecular formula is C14H18F3N5O3. The standard InChI is InChI=1S/C14H18F3N5O3/c1-8-18-11(25-20-8)9-2-4-21(6-9)13(24)19-10-3-5-22(12(10)23)7-14(15,16)17/h9-10H,2-7H2,1H3,(H,19,24). The van der Waals surface area contributed by atoms with Crippen LogP contribution in [0.25, 0.3) is 0 Å². The Morgan fingerprint density at radius 2 is 2.12 bits per heavy atom. The minimum atomic E-state index is -4.45. The van der Waals surface area contributed by atoms with E-state index in [1.165, 1.54) is 4.90 Å². The third kappa shape index (κ3) is 4.02. The number of carbonyl (C=O) groups excluding carboxylic acids is 2. The number of carbonyl (C=O) groups is 2. The molecule has 0 saturated carbocycles. The predicted octanol–water partition coefficient (Wildman–Crippen LogP) is 1.04. The van der Waals surface area contributed by atoms with E-state index in [1.54, 1.807) is 6.92 Å². The van der Waals surface area contributed by atoms with Crippen molar-refractivity contribution in [1.29, 1.82) is 0 Å². The lowest BCUT2D eigenvalue weighted by molar-refractivity contribution is -0.157. The molecule has 1 aromatic rings. The van der Waals surface area contributed by atoms with Crippen molar-refractivity contribution in [2.24, 2.45) is 0 Å². The number of hydrogen-bond acceptors (Lipinski definition) is 5. The highest BCUT2D eigenvalue weighted by molar-refractivity contribution is 5.88. The van der Waals surface area contributed by atoms with Gasteiger partial charge in [-0.05, 0) is 19.8 Å². The van der Waals surface area contributed by atoms with Gasteiger partial charge in [0.1, 0.15) is 12.6 Å². The molecule has 0 radical (unpaired) electrons. The Bertz CT molecular complexity index is 662. The first-order valence-corrected chi connectivity index (χ1v) is 7.94. The second kappa shape index (κ2) is 6.52. The molecule has 3 rings (SSSR count). The van der Waals surface area contributed by atoms with Crippen molar-refractivity contribution in [1.82, 2.24) is 25.3 Å². The van der Waals surface area contributed by atoms with Crippen molar-refractivity contribution in [2.75, 3.05) is 26.2 Å². The van der Waals surface area contributed by atoms with Crippen molar-refractivity contribution in [3.05, 3.63) is 11.7 Å². The summed E-state index contributed by atoms with van der Waals surface area (Å²) in [6.07, 6.45) is -3.63. The summed E-state index contributed by atoms with van der Waals surface area (Å²) in [5.41, 5.74) is 0. The molecule has 1 aromatic heterocycles. The fourth-order valence-electron chi connectivity index (χ4n) is 3.11. The number of aryl methyl sites for hydroxylation is 1. The summed E-state index contributed by atoms with van der Waals surface area (Å²) >= 11 is 0. The number of hydrogen-bond donors (Lipinski definition) is 1. The first-order valence-electron chi connectivity index (χ1n) is 7.94. The Morgan fingerprint density at radius 1 is 1.36 bits per heavy atom. The Labute approximate surface area is 141 Å². The highest BCUT2D eigenvalue weighted by Gasteiger charge is 2.40. The maximum absolute atomic E-state index is 12.4. The van der Waals surface area contributed by atoms with Crippen LogP contribution in [-0.2, 0) is 4.79 Å². The van der Waals surface area contributed by atoms with E-state index in [4.69, 9.17) is 4.52 Å². The lowest BCUT2D eigenvalue weighted by atomic mass is 10.1. The highest BCUT2D eigenvalue weighted by Crippen LogP contribution is 2.26. The lowest BCUT2D eigenvalue weighted by Crippen LogP contribution is -2.48. The summed E-state index contributed by atoms with van der Waals surface area (Å²) in [5.74, 6) is 0.196. The van der Waals surface area contributed by atoms with Crippen molar-refractivity contribution >= 4 is 11.9 Å². The van der Waals surface area contributed by atoms with Gasteiger partial charge in [0.2, 0.25) is 11.8 Å². The fourth-order valence-corrected chi connectivity index (χ4v) is 3.11. The molecule has 0 bridgehead atoms. The minimum Gasteiger partial charge on any atom is -0.339 e. The van der Waals surface area contributed by atoms with E-state index in [0.29, 0.717) is 31.2 Å². The molecule has 2 saturated heterocycles. The van der Waals surface area contributed by atoms with Crippen LogP contribution in [0.1, 0.15) is 30.5 Å². The van der Waals surface area contributed by atoms with Crippen LogP contribution in [-0.4, -0.2) is 70.3 Å².